The van der Waals surface area contributed by atoms with Crippen molar-refractivity contribution in [2.75, 3.05) is 0 Å². The Morgan fingerprint density at radius 2 is 1.83 bits per heavy atom. The fourth-order valence-electron chi connectivity index (χ4n) is 2.49. The van der Waals surface area contributed by atoms with Gasteiger partial charge in [0.15, 0.2) is 0 Å². The molecule has 0 radical (unpaired) electrons. The van der Waals surface area contributed by atoms with Crippen LogP contribution in [0, 0.1) is 12.8 Å². The van der Waals surface area contributed by atoms with Gasteiger partial charge in [-0.1, -0.05) is 44.5 Å². The van der Waals surface area contributed by atoms with Crippen LogP contribution in [0.2, 0.25) is 0 Å². The number of rotatable bonds is 8. The summed E-state index contributed by atoms with van der Waals surface area (Å²) >= 11 is 0. The molecule has 0 aromatic heterocycles. The van der Waals surface area contributed by atoms with Crippen LogP contribution in [0.1, 0.15) is 43.9 Å². The van der Waals surface area contributed by atoms with Crippen LogP contribution in [0.25, 0.3) is 0 Å². The Kier molecular flexibility index (Phi) is 7.23. The number of aliphatic carboxylic acids is 1. The highest BCUT2D eigenvalue weighted by molar-refractivity contribution is 5.84. The molecule has 0 aliphatic heterocycles. The van der Waals surface area contributed by atoms with E-state index in [1.165, 1.54) is 0 Å². The lowest BCUT2D eigenvalue weighted by Crippen LogP contribution is -2.46. The van der Waals surface area contributed by atoms with E-state index in [9.17, 15) is 19.5 Å². The van der Waals surface area contributed by atoms with Crippen molar-refractivity contribution in [3.05, 3.63) is 35.4 Å². The maximum absolute atomic E-state index is 12.3. The highest BCUT2D eigenvalue weighted by atomic mass is 16.4. The lowest BCUT2D eigenvalue weighted by atomic mass is 9.96. The van der Waals surface area contributed by atoms with Crippen LogP contribution in [-0.2, 0) is 9.59 Å². The zero-order valence-corrected chi connectivity index (χ0v) is 14.2. The summed E-state index contributed by atoms with van der Waals surface area (Å²) in [6.07, 6.45) is 0.534. The van der Waals surface area contributed by atoms with Crippen molar-refractivity contribution in [2.24, 2.45) is 11.7 Å². The number of carboxylic acid groups (broad SMARTS) is 1. The predicted octanol–water partition coefficient (Wildman–Crippen LogP) is 1.71. The van der Waals surface area contributed by atoms with Crippen molar-refractivity contribution >= 4 is 17.9 Å². The summed E-state index contributed by atoms with van der Waals surface area (Å²) in [6.45, 7) is 5.49. The minimum atomic E-state index is -1.08. The van der Waals surface area contributed by atoms with Crippen LogP contribution in [0.15, 0.2) is 24.3 Å². The number of carbonyl (C=O) groups excluding carboxylic acids is 2. The molecular weight excluding hydrogens is 310 g/mol. The normalized spacial score (nSPS) is 14.3. The van der Waals surface area contributed by atoms with Gasteiger partial charge in [0.1, 0.15) is 6.04 Å². The Balaban J connectivity index is 2.90. The van der Waals surface area contributed by atoms with Gasteiger partial charge in [0.05, 0.1) is 12.5 Å². The van der Waals surface area contributed by atoms with E-state index < -0.39 is 30.0 Å². The van der Waals surface area contributed by atoms with Gasteiger partial charge in [-0.2, -0.15) is 0 Å². The molecule has 5 N–H and O–H groups in total. The number of nitrogens with one attached hydrogen (secondary N) is 2. The minimum absolute atomic E-state index is 0.0893. The number of primary amides is 1. The van der Waals surface area contributed by atoms with E-state index in [-0.39, 0.29) is 12.3 Å². The minimum Gasteiger partial charge on any atom is -0.480 e. The Labute approximate surface area is 141 Å². The van der Waals surface area contributed by atoms with Gasteiger partial charge in [0.2, 0.25) is 5.91 Å². The third kappa shape index (κ3) is 5.57. The Bertz CT molecular complexity index is 603. The lowest BCUT2D eigenvalue weighted by Gasteiger charge is -2.23. The monoisotopic (exact) mass is 335 g/mol. The van der Waals surface area contributed by atoms with E-state index in [2.05, 4.69) is 10.6 Å². The van der Waals surface area contributed by atoms with Gasteiger partial charge in [0.25, 0.3) is 0 Å². The summed E-state index contributed by atoms with van der Waals surface area (Å²) in [5.74, 6) is -1.73. The van der Waals surface area contributed by atoms with Crippen LogP contribution >= 0.6 is 0 Å². The van der Waals surface area contributed by atoms with E-state index in [1.807, 2.05) is 26.0 Å². The molecule has 0 bridgehead atoms. The molecule has 0 spiro atoms. The first-order valence-electron chi connectivity index (χ1n) is 7.89. The molecule has 0 fully saturated rings. The molecule has 0 saturated heterocycles. The molecule has 0 saturated carbocycles. The number of urea groups is 1. The molecule has 24 heavy (non-hydrogen) atoms. The lowest BCUT2D eigenvalue weighted by molar-refractivity contribution is -0.143. The van der Waals surface area contributed by atoms with Gasteiger partial charge in [-0.3, -0.25) is 4.79 Å². The van der Waals surface area contributed by atoms with E-state index in [0.717, 1.165) is 11.1 Å². The zero-order valence-electron chi connectivity index (χ0n) is 14.2. The second-order valence-corrected chi connectivity index (χ2v) is 5.89. The van der Waals surface area contributed by atoms with E-state index in [1.54, 1.807) is 19.1 Å². The molecule has 1 aromatic carbocycles. The molecule has 3 atom stereocenters. The summed E-state index contributed by atoms with van der Waals surface area (Å²) in [5.41, 5.74) is 6.87. The SMILES string of the molecule is CC[C@H](C)[C@H](NC(=O)CC(NC(N)=O)c1ccccc1C)C(=O)O. The fourth-order valence-corrected chi connectivity index (χ4v) is 2.49. The molecule has 0 heterocycles. The third-order valence-electron chi connectivity index (χ3n) is 4.07. The molecular formula is C17H25N3O4. The maximum atomic E-state index is 12.3. The third-order valence-corrected chi connectivity index (χ3v) is 4.07. The number of aryl methyl sites for hydroxylation is 1. The van der Waals surface area contributed by atoms with Gasteiger partial charge in [-0.05, 0) is 24.0 Å². The number of nitrogens with two attached hydrogens (primary N) is 1. The molecule has 0 aliphatic rings. The van der Waals surface area contributed by atoms with Crippen molar-refractivity contribution in [1.29, 1.82) is 0 Å². The van der Waals surface area contributed by atoms with Crippen molar-refractivity contribution in [2.45, 2.75) is 45.7 Å². The van der Waals surface area contributed by atoms with Gasteiger partial charge < -0.3 is 21.5 Å². The number of amides is 3. The maximum Gasteiger partial charge on any atom is 0.326 e. The van der Waals surface area contributed by atoms with Crippen LogP contribution < -0.4 is 16.4 Å². The highest BCUT2D eigenvalue weighted by Gasteiger charge is 2.27. The summed E-state index contributed by atoms with van der Waals surface area (Å²) in [4.78, 5) is 34.9. The first-order valence-corrected chi connectivity index (χ1v) is 7.89. The smallest absolute Gasteiger partial charge is 0.326 e. The quantitative estimate of drug-likeness (QED) is 0.577. The fraction of sp³-hybridized carbons (Fsp3) is 0.471. The molecule has 3 amide bonds. The van der Waals surface area contributed by atoms with E-state index in [0.29, 0.717) is 6.42 Å². The second kappa shape index (κ2) is 8.90. The average Bonchev–Trinajstić information content (AvgIpc) is 2.51. The van der Waals surface area contributed by atoms with Crippen molar-refractivity contribution < 1.29 is 19.5 Å². The molecule has 1 unspecified atom stereocenters. The van der Waals surface area contributed by atoms with Crippen LogP contribution in [0.5, 0.6) is 0 Å². The molecule has 1 rings (SSSR count). The average molecular weight is 335 g/mol. The van der Waals surface area contributed by atoms with Crippen LogP contribution in [-0.4, -0.2) is 29.1 Å². The molecule has 1 aromatic rings. The standard InChI is InChI=1S/C17H25N3O4/c1-4-10(2)15(16(22)23)20-14(21)9-13(19-17(18)24)12-8-6-5-7-11(12)3/h5-8,10,13,15H,4,9H2,1-3H3,(H,20,21)(H,22,23)(H3,18,19,24)/t10-,13?,15-/m0/s1. The van der Waals surface area contributed by atoms with Gasteiger partial charge in [0, 0.05) is 0 Å². The van der Waals surface area contributed by atoms with Gasteiger partial charge in [-0.25, -0.2) is 9.59 Å². The number of hydrogen-bond donors (Lipinski definition) is 4. The van der Waals surface area contributed by atoms with Crippen molar-refractivity contribution in [3.63, 3.8) is 0 Å². The first-order chi connectivity index (χ1) is 11.3. The van der Waals surface area contributed by atoms with Crippen LogP contribution in [0.4, 0.5) is 4.79 Å². The van der Waals surface area contributed by atoms with E-state index >= 15 is 0 Å². The summed E-state index contributed by atoms with van der Waals surface area (Å²) in [6, 6.07) is 4.99. The molecule has 7 heteroatoms. The van der Waals surface area contributed by atoms with Gasteiger partial charge in [-0.15, -0.1) is 0 Å². The molecule has 132 valence electrons. The number of hydrogen-bond acceptors (Lipinski definition) is 3. The van der Waals surface area contributed by atoms with Crippen molar-refractivity contribution in [3.8, 4) is 0 Å². The predicted molar refractivity (Wildman–Crippen MR) is 90.3 cm³/mol. The first kappa shape index (κ1) is 19.5. The zero-order chi connectivity index (χ0) is 18.3. The number of carbonyl (C=O) groups is 3. The summed E-state index contributed by atoms with van der Waals surface area (Å²) in [5, 5.41) is 14.3. The second-order valence-electron chi connectivity index (χ2n) is 5.89. The van der Waals surface area contributed by atoms with Gasteiger partial charge >= 0.3 is 12.0 Å². The number of benzene rings is 1. The Morgan fingerprint density at radius 1 is 1.21 bits per heavy atom. The van der Waals surface area contributed by atoms with E-state index in [4.69, 9.17) is 5.73 Å². The van der Waals surface area contributed by atoms with Crippen molar-refractivity contribution in [1.82, 2.24) is 10.6 Å². The molecule has 0 aliphatic carbocycles. The largest absolute Gasteiger partial charge is 0.480 e. The summed E-state index contributed by atoms with van der Waals surface area (Å²) < 4.78 is 0. The Morgan fingerprint density at radius 3 is 2.33 bits per heavy atom. The molecule has 7 nitrogen and oxygen atoms in total. The topological polar surface area (TPSA) is 122 Å². The Hall–Kier alpha value is -2.57. The number of carboxylic acids is 1. The highest BCUT2D eigenvalue weighted by Crippen LogP contribution is 2.21. The van der Waals surface area contributed by atoms with Crippen LogP contribution in [0.3, 0.4) is 0 Å². The summed E-state index contributed by atoms with van der Waals surface area (Å²) in [7, 11) is 0.